The molecule has 0 spiro atoms. The molecule has 0 bridgehead atoms. The van der Waals surface area contributed by atoms with Crippen LogP contribution in [0, 0.1) is 20.8 Å². The molecule has 0 saturated carbocycles. The summed E-state index contributed by atoms with van der Waals surface area (Å²) in [6.45, 7) is 5.62. The van der Waals surface area contributed by atoms with E-state index in [1.807, 2.05) is 45.0 Å². The second-order valence-electron chi connectivity index (χ2n) is 4.05. The number of ketones is 1. The molecule has 17 heavy (non-hydrogen) atoms. The monoisotopic (exact) mass is 292 g/mol. The third kappa shape index (κ3) is 2.20. The van der Waals surface area contributed by atoms with Gasteiger partial charge in [0, 0.05) is 15.6 Å². The van der Waals surface area contributed by atoms with Gasteiger partial charge in [0.2, 0.25) is 0 Å². The van der Waals surface area contributed by atoms with E-state index in [0.29, 0.717) is 16.9 Å². The molecule has 0 saturated heterocycles. The third-order valence-corrected chi connectivity index (χ3v) is 3.42. The molecule has 0 aliphatic carbocycles. The number of rotatable bonds is 2. The van der Waals surface area contributed by atoms with Gasteiger partial charge in [0.25, 0.3) is 0 Å². The Morgan fingerprint density at radius 1 is 1.06 bits per heavy atom. The molecule has 0 atom stereocenters. The van der Waals surface area contributed by atoms with E-state index in [1.54, 1.807) is 0 Å². The molecule has 1 aromatic carbocycles. The zero-order chi connectivity index (χ0) is 12.6. The van der Waals surface area contributed by atoms with Crippen molar-refractivity contribution in [1.29, 1.82) is 0 Å². The van der Waals surface area contributed by atoms with Gasteiger partial charge < -0.3 is 4.42 Å². The van der Waals surface area contributed by atoms with Crippen LogP contribution in [0.2, 0.25) is 0 Å². The molecular formula is C14H13BrO2. The van der Waals surface area contributed by atoms with Crippen molar-refractivity contribution in [2.75, 3.05) is 0 Å². The SMILES string of the molecule is Cc1oc(C)c(C(=O)c2ccc(Br)cc2)c1C. The first-order valence-electron chi connectivity index (χ1n) is 5.37. The van der Waals surface area contributed by atoms with Gasteiger partial charge >= 0.3 is 0 Å². The first-order valence-corrected chi connectivity index (χ1v) is 6.17. The van der Waals surface area contributed by atoms with Crippen LogP contribution in [0.25, 0.3) is 0 Å². The summed E-state index contributed by atoms with van der Waals surface area (Å²) in [4.78, 5) is 12.3. The molecule has 3 heteroatoms. The standard InChI is InChI=1S/C14H13BrO2/c1-8-9(2)17-10(3)13(8)14(16)11-4-6-12(15)7-5-11/h4-7H,1-3H3. The molecule has 0 N–H and O–H groups in total. The molecule has 0 aliphatic rings. The summed E-state index contributed by atoms with van der Waals surface area (Å²) < 4.78 is 6.45. The number of halogens is 1. The normalized spacial score (nSPS) is 10.6. The summed E-state index contributed by atoms with van der Waals surface area (Å²) in [6.07, 6.45) is 0. The summed E-state index contributed by atoms with van der Waals surface area (Å²) in [5.41, 5.74) is 2.29. The Hall–Kier alpha value is -1.35. The number of hydrogen-bond acceptors (Lipinski definition) is 2. The van der Waals surface area contributed by atoms with Crippen LogP contribution in [0.4, 0.5) is 0 Å². The van der Waals surface area contributed by atoms with Gasteiger partial charge in [-0.2, -0.15) is 0 Å². The molecule has 0 unspecified atom stereocenters. The molecule has 2 nitrogen and oxygen atoms in total. The van der Waals surface area contributed by atoms with Gasteiger partial charge in [0.1, 0.15) is 11.5 Å². The lowest BCUT2D eigenvalue weighted by Crippen LogP contribution is -2.03. The molecule has 88 valence electrons. The molecule has 1 aromatic heterocycles. The number of benzene rings is 1. The van der Waals surface area contributed by atoms with Crippen LogP contribution in [0.5, 0.6) is 0 Å². The largest absolute Gasteiger partial charge is 0.466 e. The molecule has 0 amide bonds. The topological polar surface area (TPSA) is 30.2 Å². The van der Waals surface area contributed by atoms with Crippen molar-refractivity contribution in [3.05, 3.63) is 56.9 Å². The van der Waals surface area contributed by atoms with Gasteiger partial charge in [-0.3, -0.25) is 4.79 Å². The Balaban J connectivity index is 2.47. The number of carbonyl (C=O) groups excluding carboxylic acids is 1. The molecule has 0 fully saturated rings. The van der Waals surface area contributed by atoms with Crippen molar-refractivity contribution in [1.82, 2.24) is 0 Å². The van der Waals surface area contributed by atoms with E-state index in [4.69, 9.17) is 4.42 Å². The van der Waals surface area contributed by atoms with Crippen molar-refractivity contribution < 1.29 is 9.21 Å². The minimum atomic E-state index is 0.0179. The van der Waals surface area contributed by atoms with E-state index in [-0.39, 0.29) is 5.78 Å². The lowest BCUT2D eigenvalue weighted by molar-refractivity contribution is 0.103. The highest BCUT2D eigenvalue weighted by atomic mass is 79.9. The zero-order valence-electron chi connectivity index (χ0n) is 10.0. The Labute approximate surface area is 109 Å². The highest BCUT2D eigenvalue weighted by Crippen LogP contribution is 2.24. The number of furan rings is 1. The summed E-state index contributed by atoms with van der Waals surface area (Å²) in [7, 11) is 0. The van der Waals surface area contributed by atoms with Crippen molar-refractivity contribution in [2.24, 2.45) is 0 Å². The Morgan fingerprint density at radius 3 is 2.12 bits per heavy atom. The average molecular weight is 293 g/mol. The van der Waals surface area contributed by atoms with E-state index >= 15 is 0 Å². The van der Waals surface area contributed by atoms with Gasteiger partial charge in [0.05, 0.1) is 5.56 Å². The van der Waals surface area contributed by atoms with Gasteiger partial charge in [-0.25, -0.2) is 0 Å². The van der Waals surface area contributed by atoms with Crippen LogP contribution in [0.1, 0.15) is 33.0 Å². The molecule has 2 rings (SSSR count). The Bertz CT molecular complexity index is 565. The molecule has 0 aliphatic heterocycles. The molecule has 1 heterocycles. The molecule has 0 radical (unpaired) electrons. The van der Waals surface area contributed by atoms with Crippen LogP contribution in [-0.4, -0.2) is 5.78 Å². The van der Waals surface area contributed by atoms with E-state index < -0.39 is 0 Å². The summed E-state index contributed by atoms with van der Waals surface area (Å²) in [5, 5.41) is 0. The maximum atomic E-state index is 12.3. The smallest absolute Gasteiger partial charge is 0.196 e. The minimum absolute atomic E-state index is 0.0179. The van der Waals surface area contributed by atoms with Crippen LogP contribution in [0.3, 0.4) is 0 Å². The molecule has 2 aromatic rings. The Kier molecular flexibility index (Phi) is 3.20. The van der Waals surface area contributed by atoms with E-state index in [9.17, 15) is 4.79 Å². The highest BCUT2D eigenvalue weighted by Gasteiger charge is 2.19. The van der Waals surface area contributed by atoms with Crippen LogP contribution in [-0.2, 0) is 0 Å². The number of hydrogen-bond donors (Lipinski definition) is 0. The number of aryl methyl sites for hydroxylation is 2. The first-order chi connectivity index (χ1) is 8.00. The Morgan fingerprint density at radius 2 is 1.65 bits per heavy atom. The van der Waals surface area contributed by atoms with E-state index in [2.05, 4.69) is 15.9 Å². The van der Waals surface area contributed by atoms with Crippen LogP contribution in [0.15, 0.2) is 33.2 Å². The highest BCUT2D eigenvalue weighted by molar-refractivity contribution is 9.10. The predicted octanol–water partition coefficient (Wildman–Crippen LogP) is 4.20. The van der Waals surface area contributed by atoms with E-state index in [0.717, 1.165) is 15.8 Å². The van der Waals surface area contributed by atoms with Gasteiger partial charge in [-0.15, -0.1) is 0 Å². The van der Waals surface area contributed by atoms with Gasteiger partial charge in [-0.1, -0.05) is 15.9 Å². The lowest BCUT2D eigenvalue weighted by atomic mass is 10.00. The first kappa shape index (κ1) is 12.1. The summed E-state index contributed by atoms with van der Waals surface area (Å²) in [5.74, 6) is 1.51. The minimum Gasteiger partial charge on any atom is -0.466 e. The van der Waals surface area contributed by atoms with Gasteiger partial charge in [-0.05, 0) is 45.0 Å². The summed E-state index contributed by atoms with van der Waals surface area (Å²) in [6, 6.07) is 7.36. The van der Waals surface area contributed by atoms with Crippen LogP contribution >= 0.6 is 15.9 Å². The van der Waals surface area contributed by atoms with Crippen molar-refractivity contribution in [3.8, 4) is 0 Å². The predicted molar refractivity (Wildman–Crippen MR) is 70.5 cm³/mol. The fraction of sp³-hybridized carbons (Fsp3) is 0.214. The number of carbonyl (C=O) groups is 1. The second-order valence-corrected chi connectivity index (χ2v) is 4.97. The maximum absolute atomic E-state index is 12.3. The zero-order valence-corrected chi connectivity index (χ0v) is 11.6. The van der Waals surface area contributed by atoms with Gasteiger partial charge in [0.15, 0.2) is 5.78 Å². The fourth-order valence-corrected chi connectivity index (χ4v) is 2.14. The lowest BCUT2D eigenvalue weighted by Gasteiger charge is -2.01. The summed E-state index contributed by atoms with van der Waals surface area (Å²) >= 11 is 3.35. The van der Waals surface area contributed by atoms with Crippen molar-refractivity contribution >= 4 is 21.7 Å². The van der Waals surface area contributed by atoms with Crippen molar-refractivity contribution in [3.63, 3.8) is 0 Å². The average Bonchev–Trinajstić information content (AvgIpc) is 2.53. The van der Waals surface area contributed by atoms with Crippen molar-refractivity contribution in [2.45, 2.75) is 20.8 Å². The third-order valence-electron chi connectivity index (χ3n) is 2.89. The van der Waals surface area contributed by atoms with Crippen LogP contribution < -0.4 is 0 Å². The molecular weight excluding hydrogens is 280 g/mol. The quantitative estimate of drug-likeness (QED) is 0.777. The second kappa shape index (κ2) is 4.49. The van der Waals surface area contributed by atoms with E-state index in [1.165, 1.54) is 0 Å². The fourth-order valence-electron chi connectivity index (χ4n) is 1.87. The maximum Gasteiger partial charge on any atom is 0.196 e.